The Morgan fingerprint density at radius 1 is 1.12 bits per heavy atom. The van der Waals surface area contributed by atoms with Crippen molar-refractivity contribution in [2.75, 3.05) is 0 Å². The highest BCUT2D eigenvalue weighted by atomic mass is 16.5. The topological polar surface area (TPSA) is 64.1 Å². The highest BCUT2D eigenvalue weighted by molar-refractivity contribution is 5.73. The van der Waals surface area contributed by atoms with Crippen LogP contribution in [0, 0.1) is 5.41 Å². The van der Waals surface area contributed by atoms with Crippen LogP contribution in [-0.4, -0.2) is 28.0 Å². The Hall–Kier alpha value is -1.49. The van der Waals surface area contributed by atoms with E-state index in [-0.39, 0.29) is 29.6 Å². The summed E-state index contributed by atoms with van der Waals surface area (Å²) in [5.41, 5.74) is 1.05. The van der Waals surface area contributed by atoms with Crippen molar-refractivity contribution in [2.45, 2.75) is 96.8 Å². The van der Waals surface area contributed by atoms with Gasteiger partial charge in [-0.25, -0.2) is 9.97 Å². The average Bonchev–Trinajstić information content (AvgIpc) is 2.61. The van der Waals surface area contributed by atoms with Crippen LogP contribution in [0.5, 0.6) is 0 Å². The zero-order valence-electron chi connectivity index (χ0n) is 16.6. The van der Waals surface area contributed by atoms with Crippen molar-refractivity contribution in [3.63, 3.8) is 0 Å². The van der Waals surface area contributed by atoms with Crippen LogP contribution in [0.2, 0.25) is 0 Å². The highest BCUT2D eigenvalue weighted by Gasteiger charge is 2.37. The number of hydrogen-bond donors (Lipinski definition) is 1. The number of carbonyl (C=O) groups is 1. The molecule has 1 N–H and O–H groups in total. The molecule has 2 fully saturated rings. The number of carbonyl (C=O) groups excluding carboxylic acids is 1. The van der Waals surface area contributed by atoms with Gasteiger partial charge in [0.25, 0.3) is 0 Å². The molecule has 2 aliphatic rings. The maximum atomic E-state index is 11.6. The van der Waals surface area contributed by atoms with Crippen LogP contribution in [0.4, 0.5) is 0 Å². The molecule has 3 rings (SSSR count). The SMILES string of the molecule is CC(=O)N[C@H]1C[C@@H](c2cnc(C3CCCCC3)nc2)O[C@@H](C(C)(C)C)C1. The standard InChI is InChI=1S/C21H33N3O2/c1-14(25)24-17-10-18(26-19(11-17)21(2,3)4)16-12-22-20(23-13-16)15-8-6-5-7-9-15/h12-13,15,17-19H,5-11H2,1-4H3,(H,24,25)/t17-,18-,19+/m0/s1. The van der Waals surface area contributed by atoms with E-state index >= 15 is 0 Å². The van der Waals surface area contributed by atoms with Crippen LogP contribution in [-0.2, 0) is 9.53 Å². The first-order valence-electron chi connectivity index (χ1n) is 10.1. The van der Waals surface area contributed by atoms with E-state index in [1.807, 2.05) is 12.4 Å². The van der Waals surface area contributed by atoms with Crippen molar-refractivity contribution in [3.05, 3.63) is 23.8 Å². The molecule has 2 heterocycles. The normalized spacial score (nSPS) is 27.9. The molecule has 0 spiro atoms. The molecule has 26 heavy (non-hydrogen) atoms. The Morgan fingerprint density at radius 2 is 1.77 bits per heavy atom. The molecule has 1 amide bonds. The number of nitrogens with one attached hydrogen (secondary N) is 1. The lowest BCUT2D eigenvalue weighted by Crippen LogP contribution is -2.46. The van der Waals surface area contributed by atoms with Gasteiger partial charge in [-0.05, 0) is 31.1 Å². The molecule has 1 aliphatic carbocycles. The number of nitrogens with zero attached hydrogens (tertiary/aromatic N) is 2. The van der Waals surface area contributed by atoms with Crippen molar-refractivity contribution in [1.82, 2.24) is 15.3 Å². The van der Waals surface area contributed by atoms with Crippen molar-refractivity contribution in [3.8, 4) is 0 Å². The minimum Gasteiger partial charge on any atom is -0.369 e. The Bertz CT molecular complexity index is 603. The molecule has 1 saturated carbocycles. The first-order chi connectivity index (χ1) is 12.3. The lowest BCUT2D eigenvalue weighted by atomic mass is 9.81. The number of ether oxygens (including phenoxy) is 1. The molecular formula is C21H33N3O2. The lowest BCUT2D eigenvalue weighted by molar-refractivity contribution is -0.127. The fourth-order valence-electron chi connectivity index (χ4n) is 4.19. The fourth-order valence-corrected chi connectivity index (χ4v) is 4.19. The molecule has 1 aromatic heterocycles. The minimum absolute atomic E-state index is 0.0206. The zero-order valence-corrected chi connectivity index (χ0v) is 16.6. The summed E-state index contributed by atoms with van der Waals surface area (Å²) in [4.78, 5) is 20.9. The van der Waals surface area contributed by atoms with Gasteiger partial charge in [0.05, 0.1) is 12.2 Å². The second kappa shape index (κ2) is 8.03. The Labute approximate surface area is 157 Å². The number of aromatic nitrogens is 2. The van der Waals surface area contributed by atoms with Crippen molar-refractivity contribution in [1.29, 1.82) is 0 Å². The third-order valence-electron chi connectivity index (χ3n) is 5.73. The monoisotopic (exact) mass is 359 g/mol. The van der Waals surface area contributed by atoms with E-state index in [1.54, 1.807) is 6.92 Å². The van der Waals surface area contributed by atoms with Gasteiger partial charge in [0, 0.05) is 36.8 Å². The summed E-state index contributed by atoms with van der Waals surface area (Å²) in [6.45, 7) is 8.15. The van der Waals surface area contributed by atoms with Gasteiger partial charge >= 0.3 is 0 Å². The van der Waals surface area contributed by atoms with Crippen LogP contribution < -0.4 is 5.32 Å². The van der Waals surface area contributed by atoms with Gasteiger partial charge < -0.3 is 10.1 Å². The number of amides is 1. The van der Waals surface area contributed by atoms with E-state index in [2.05, 4.69) is 36.1 Å². The van der Waals surface area contributed by atoms with Gasteiger partial charge in [0.15, 0.2) is 0 Å². The minimum atomic E-state index is -0.0646. The zero-order chi connectivity index (χ0) is 18.7. The van der Waals surface area contributed by atoms with Gasteiger partial charge in [-0.3, -0.25) is 4.79 Å². The maximum Gasteiger partial charge on any atom is 0.217 e. The molecule has 3 atom stereocenters. The maximum absolute atomic E-state index is 11.6. The summed E-state index contributed by atoms with van der Waals surface area (Å²) in [5, 5.41) is 3.09. The number of rotatable bonds is 3. The van der Waals surface area contributed by atoms with Gasteiger partial charge in [0.1, 0.15) is 5.82 Å². The quantitative estimate of drug-likeness (QED) is 0.874. The predicted octanol–water partition coefficient (Wildman–Crippen LogP) is 4.30. The highest BCUT2D eigenvalue weighted by Crippen LogP contribution is 2.38. The van der Waals surface area contributed by atoms with Gasteiger partial charge in [-0.2, -0.15) is 0 Å². The van der Waals surface area contributed by atoms with E-state index in [4.69, 9.17) is 4.74 Å². The summed E-state index contributed by atoms with van der Waals surface area (Å²) in [6.07, 6.45) is 11.9. The van der Waals surface area contributed by atoms with Crippen LogP contribution >= 0.6 is 0 Å². The van der Waals surface area contributed by atoms with E-state index < -0.39 is 0 Å². The molecule has 1 saturated heterocycles. The molecule has 0 aromatic carbocycles. The molecule has 1 aliphatic heterocycles. The molecule has 0 radical (unpaired) electrons. The third kappa shape index (κ3) is 4.81. The summed E-state index contributed by atoms with van der Waals surface area (Å²) in [7, 11) is 0. The second-order valence-corrected chi connectivity index (χ2v) is 9.06. The van der Waals surface area contributed by atoms with Crippen LogP contribution in [0.1, 0.15) is 96.1 Å². The summed E-state index contributed by atoms with van der Waals surface area (Å²) in [6, 6.07) is 0.133. The van der Waals surface area contributed by atoms with Gasteiger partial charge in [0.2, 0.25) is 5.91 Å². The number of hydrogen-bond acceptors (Lipinski definition) is 4. The molecular weight excluding hydrogens is 326 g/mol. The largest absolute Gasteiger partial charge is 0.369 e. The predicted molar refractivity (Wildman–Crippen MR) is 102 cm³/mol. The van der Waals surface area contributed by atoms with Crippen LogP contribution in [0.25, 0.3) is 0 Å². The molecule has 0 bridgehead atoms. The van der Waals surface area contributed by atoms with E-state index in [0.29, 0.717) is 5.92 Å². The Kier molecular flexibility index (Phi) is 5.96. The van der Waals surface area contributed by atoms with Gasteiger partial charge in [-0.1, -0.05) is 40.0 Å². The summed E-state index contributed by atoms with van der Waals surface area (Å²) < 4.78 is 6.40. The van der Waals surface area contributed by atoms with Crippen molar-refractivity contribution >= 4 is 5.91 Å². The first-order valence-corrected chi connectivity index (χ1v) is 10.1. The second-order valence-electron chi connectivity index (χ2n) is 9.06. The third-order valence-corrected chi connectivity index (χ3v) is 5.73. The average molecular weight is 360 g/mol. The summed E-state index contributed by atoms with van der Waals surface area (Å²) >= 11 is 0. The summed E-state index contributed by atoms with van der Waals surface area (Å²) in [5.74, 6) is 1.52. The molecule has 0 unspecified atom stereocenters. The lowest BCUT2D eigenvalue weighted by Gasteiger charge is -2.41. The van der Waals surface area contributed by atoms with Gasteiger partial charge in [-0.15, -0.1) is 0 Å². The van der Waals surface area contributed by atoms with Crippen LogP contribution in [0.3, 0.4) is 0 Å². The molecule has 1 aromatic rings. The van der Waals surface area contributed by atoms with Crippen molar-refractivity contribution < 1.29 is 9.53 Å². The smallest absolute Gasteiger partial charge is 0.217 e. The molecule has 5 nitrogen and oxygen atoms in total. The van der Waals surface area contributed by atoms with E-state index in [0.717, 1.165) is 24.2 Å². The Balaban J connectivity index is 1.74. The molecule has 144 valence electrons. The van der Waals surface area contributed by atoms with Crippen LogP contribution in [0.15, 0.2) is 12.4 Å². The van der Waals surface area contributed by atoms with E-state index in [9.17, 15) is 4.79 Å². The van der Waals surface area contributed by atoms with E-state index in [1.165, 1.54) is 32.1 Å². The fraction of sp³-hybridized carbons (Fsp3) is 0.762. The molecule has 5 heteroatoms. The first kappa shape index (κ1) is 19.3. The van der Waals surface area contributed by atoms with Crippen molar-refractivity contribution in [2.24, 2.45) is 5.41 Å². The Morgan fingerprint density at radius 3 is 2.35 bits per heavy atom.